The molecular formula is C25H28FN3O2. The Morgan fingerprint density at radius 3 is 2.65 bits per heavy atom. The summed E-state index contributed by atoms with van der Waals surface area (Å²) in [5.41, 5.74) is 8.82. The minimum Gasteiger partial charge on any atom is -0.368 e. The zero-order valence-corrected chi connectivity index (χ0v) is 17.5. The van der Waals surface area contributed by atoms with Gasteiger partial charge in [0.05, 0.1) is 6.04 Å². The molecule has 2 aliphatic heterocycles. The summed E-state index contributed by atoms with van der Waals surface area (Å²) < 4.78 is 14.2. The molecule has 0 aliphatic carbocycles. The number of nitrogens with zero attached hydrogens (tertiary/aromatic N) is 2. The number of halogens is 1. The highest BCUT2D eigenvalue weighted by Crippen LogP contribution is 2.28. The van der Waals surface area contributed by atoms with E-state index in [0.717, 1.165) is 24.1 Å². The monoisotopic (exact) mass is 421 g/mol. The average Bonchev–Trinajstić information content (AvgIpc) is 3.38. The molecule has 1 fully saturated rings. The molecule has 0 aromatic heterocycles. The van der Waals surface area contributed by atoms with Gasteiger partial charge in [-0.1, -0.05) is 54.6 Å². The highest BCUT2D eigenvalue weighted by atomic mass is 19.1. The topological polar surface area (TPSA) is 66.6 Å². The molecule has 0 bridgehead atoms. The summed E-state index contributed by atoms with van der Waals surface area (Å²) in [6.45, 7) is 0.801. The predicted molar refractivity (Wildman–Crippen MR) is 119 cm³/mol. The van der Waals surface area contributed by atoms with Crippen LogP contribution >= 0.6 is 0 Å². The number of rotatable bonds is 7. The first-order valence-electron chi connectivity index (χ1n) is 10.8. The summed E-state index contributed by atoms with van der Waals surface area (Å²) >= 11 is 0. The summed E-state index contributed by atoms with van der Waals surface area (Å²) in [7, 11) is 0. The number of nitrogens with two attached hydrogens (primary N) is 1. The second-order valence-corrected chi connectivity index (χ2v) is 8.27. The molecule has 2 aromatic rings. The first-order chi connectivity index (χ1) is 15.0. The van der Waals surface area contributed by atoms with Gasteiger partial charge in [-0.2, -0.15) is 0 Å². The molecule has 5 nitrogen and oxygen atoms in total. The smallest absolute Gasteiger partial charge is 0.250 e. The van der Waals surface area contributed by atoms with Crippen LogP contribution in [0.1, 0.15) is 24.0 Å². The van der Waals surface area contributed by atoms with Crippen LogP contribution in [0.5, 0.6) is 0 Å². The van der Waals surface area contributed by atoms with E-state index in [1.165, 1.54) is 5.56 Å². The van der Waals surface area contributed by atoms with Gasteiger partial charge >= 0.3 is 0 Å². The van der Waals surface area contributed by atoms with E-state index in [4.69, 9.17) is 5.73 Å². The van der Waals surface area contributed by atoms with Crippen LogP contribution in [-0.2, 0) is 22.4 Å². The van der Waals surface area contributed by atoms with Gasteiger partial charge in [0.2, 0.25) is 5.91 Å². The first-order valence-corrected chi connectivity index (χ1v) is 10.8. The van der Waals surface area contributed by atoms with Crippen molar-refractivity contribution in [3.63, 3.8) is 0 Å². The maximum absolute atomic E-state index is 14.2. The van der Waals surface area contributed by atoms with Crippen LogP contribution < -0.4 is 10.6 Å². The fraction of sp³-hybridized carbons (Fsp3) is 0.360. The number of likely N-dealkylation sites (tertiary alicyclic amines) is 1. The largest absolute Gasteiger partial charge is 0.368 e. The fourth-order valence-electron chi connectivity index (χ4n) is 4.64. The van der Waals surface area contributed by atoms with Gasteiger partial charge in [-0.15, -0.1) is 0 Å². The average molecular weight is 422 g/mol. The van der Waals surface area contributed by atoms with E-state index in [-0.39, 0.29) is 24.9 Å². The highest BCUT2D eigenvalue weighted by Gasteiger charge is 2.39. The molecule has 31 heavy (non-hydrogen) atoms. The van der Waals surface area contributed by atoms with Crippen molar-refractivity contribution in [2.24, 2.45) is 5.73 Å². The van der Waals surface area contributed by atoms with Gasteiger partial charge < -0.3 is 10.6 Å². The van der Waals surface area contributed by atoms with E-state index >= 15 is 0 Å². The van der Waals surface area contributed by atoms with E-state index in [2.05, 4.69) is 0 Å². The molecule has 2 heterocycles. The number of aryl methyl sites for hydroxylation is 1. The lowest BCUT2D eigenvalue weighted by Gasteiger charge is -2.29. The Balaban J connectivity index is 1.52. The molecule has 1 saturated heterocycles. The summed E-state index contributed by atoms with van der Waals surface area (Å²) in [6.07, 6.45) is 4.68. The predicted octanol–water partition coefficient (Wildman–Crippen LogP) is 3.03. The number of amides is 2. The van der Waals surface area contributed by atoms with Crippen molar-refractivity contribution in [1.29, 1.82) is 0 Å². The quantitative estimate of drug-likeness (QED) is 0.699. The van der Waals surface area contributed by atoms with Crippen LogP contribution in [0.3, 0.4) is 0 Å². The zero-order chi connectivity index (χ0) is 21.8. The third-order valence-electron chi connectivity index (χ3n) is 6.23. The Kier molecular flexibility index (Phi) is 6.47. The Labute approximate surface area is 182 Å². The van der Waals surface area contributed by atoms with Gasteiger partial charge in [-0.3, -0.25) is 14.5 Å². The SMILES string of the molecule is NC(=O)[C@@H]1C[C@H](F)CN1[C@H](/C=C/C(=O)N1CCc2ccccc21)CCc1ccccc1. The lowest BCUT2D eigenvalue weighted by Crippen LogP contribution is -2.45. The van der Waals surface area contributed by atoms with Crippen molar-refractivity contribution in [2.45, 2.75) is 43.9 Å². The molecule has 0 saturated carbocycles. The van der Waals surface area contributed by atoms with Gasteiger partial charge in [-0.05, 0) is 36.5 Å². The van der Waals surface area contributed by atoms with Crippen LogP contribution in [0.4, 0.5) is 10.1 Å². The maximum atomic E-state index is 14.2. The lowest BCUT2D eigenvalue weighted by molar-refractivity contribution is -0.122. The molecule has 0 unspecified atom stereocenters. The Morgan fingerprint density at radius 1 is 1.13 bits per heavy atom. The molecule has 3 atom stereocenters. The summed E-state index contributed by atoms with van der Waals surface area (Å²) in [6, 6.07) is 17.0. The van der Waals surface area contributed by atoms with Gasteiger partial charge in [0.1, 0.15) is 6.17 Å². The molecule has 2 N–H and O–H groups in total. The lowest BCUT2D eigenvalue weighted by atomic mass is 10.0. The van der Waals surface area contributed by atoms with Crippen molar-refractivity contribution in [3.8, 4) is 0 Å². The minimum absolute atomic E-state index is 0.0960. The van der Waals surface area contributed by atoms with E-state index in [1.807, 2.05) is 65.6 Å². The number of alkyl halides is 1. The molecule has 2 aromatic carbocycles. The minimum atomic E-state index is -1.09. The molecule has 4 rings (SSSR count). The number of anilines is 1. The Hall–Kier alpha value is -2.99. The Morgan fingerprint density at radius 2 is 1.87 bits per heavy atom. The summed E-state index contributed by atoms with van der Waals surface area (Å²) in [5.74, 6) is -0.612. The van der Waals surface area contributed by atoms with Crippen molar-refractivity contribution < 1.29 is 14.0 Å². The van der Waals surface area contributed by atoms with E-state index < -0.39 is 18.1 Å². The summed E-state index contributed by atoms with van der Waals surface area (Å²) in [4.78, 5) is 28.5. The van der Waals surface area contributed by atoms with Crippen molar-refractivity contribution in [2.75, 3.05) is 18.0 Å². The van der Waals surface area contributed by atoms with Gasteiger partial charge in [0.25, 0.3) is 5.91 Å². The molecule has 0 spiro atoms. The standard InChI is InChI=1S/C25H28FN3O2/c26-20-16-23(25(27)31)29(17-20)21(11-10-18-6-2-1-3-7-18)12-13-24(30)28-15-14-19-8-4-5-9-22(19)28/h1-9,12-13,20-21,23H,10-11,14-17H2,(H2,27,31)/b13-12+/t20-,21-,23-/m0/s1. The number of benzene rings is 2. The molecule has 2 aliphatic rings. The maximum Gasteiger partial charge on any atom is 0.250 e. The fourth-order valence-corrected chi connectivity index (χ4v) is 4.64. The van der Waals surface area contributed by atoms with Crippen LogP contribution in [0.2, 0.25) is 0 Å². The first kappa shape index (κ1) is 21.2. The van der Waals surface area contributed by atoms with Gasteiger partial charge in [0, 0.05) is 37.3 Å². The number of fused-ring (bicyclic) bond motifs is 1. The molecule has 6 heteroatoms. The van der Waals surface area contributed by atoms with E-state index in [9.17, 15) is 14.0 Å². The van der Waals surface area contributed by atoms with Gasteiger partial charge in [0.15, 0.2) is 0 Å². The van der Waals surface area contributed by atoms with Crippen LogP contribution in [0.25, 0.3) is 0 Å². The molecule has 2 amide bonds. The van der Waals surface area contributed by atoms with E-state index in [0.29, 0.717) is 13.0 Å². The Bertz CT molecular complexity index is 962. The van der Waals surface area contributed by atoms with Crippen LogP contribution in [0.15, 0.2) is 66.7 Å². The third kappa shape index (κ3) is 4.85. The second kappa shape index (κ2) is 9.43. The molecular weight excluding hydrogens is 393 g/mol. The summed E-state index contributed by atoms with van der Waals surface area (Å²) in [5, 5.41) is 0. The van der Waals surface area contributed by atoms with Gasteiger partial charge in [-0.25, -0.2) is 4.39 Å². The zero-order valence-electron chi connectivity index (χ0n) is 17.5. The van der Waals surface area contributed by atoms with Crippen molar-refractivity contribution in [3.05, 3.63) is 77.9 Å². The van der Waals surface area contributed by atoms with Crippen LogP contribution in [0, 0.1) is 0 Å². The number of carbonyl (C=O) groups excluding carboxylic acids is 2. The molecule has 0 radical (unpaired) electrons. The number of hydrogen-bond acceptors (Lipinski definition) is 3. The number of primary amides is 1. The van der Waals surface area contributed by atoms with E-state index in [1.54, 1.807) is 11.0 Å². The third-order valence-corrected chi connectivity index (χ3v) is 6.23. The highest BCUT2D eigenvalue weighted by molar-refractivity contribution is 6.02. The second-order valence-electron chi connectivity index (χ2n) is 8.27. The van der Waals surface area contributed by atoms with Crippen molar-refractivity contribution >= 4 is 17.5 Å². The van der Waals surface area contributed by atoms with Crippen LogP contribution in [-0.4, -0.2) is 48.1 Å². The number of hydrogen-bond donors (Lipinski definition) is 1. The number of para-hydroxylation sites is 1. The van der Waals surface area contributed by atoms with Crippen molar-refractivity contribution in [1.82, 2.24) is 4.90 Å². The number of carbonyl (C=O) groups is 2. The molecule has 162 valence electrons. The normalized spacial score (nSPS) is 22.0.